The molecule has 0 unspecified atom stereocenters. The lowest BCUT2D eigenvalue weighted by atomic mass is 10.2. The average molecular weight is 179 g/mol. The summed E-state index contributed by atoms with van der Waals surface area (Å²) in [6.45, 7) is 7.16. The Bertz CT molecular complexity index is 111. The van der Waals surface area contributed by atoms with Crippen LogP contribution in [-0.2, 0) is 0 Å². The molecule has 0 heterocycles. The predicted octanol–water partition coefficient (Wildman–Crippen LogP) is 4.05. The standard InChI is InChI=1S/C8H12Cl2/c1-7(9)5-3-4-6-8(2)10/h1-6H2. The third kappa shape index (κ3) is 8.06. The molecule has 0 N–H and O–H groups in total. The van der Waals surface area contributed by atoms with Gasteiger partial charge in [-0.2, -0.15) is 0 Å². The van der Waals surface area contributed by atoms with E-state index >= 15 is 0 Å². The highest BCUT2D eigenvalue weighted by Crippen LogP contribution is 2.14. The molecule has 0 amide bonds. The molecule has 0 spiro atoms. The van der Waals surface area contributed by atoms with Crippen molar-refractivity contribution in [2.75, 3.05) is 0 Å². The summed E-state index contributed by atoms with van der Waals surface area (Å²) < 4.78 is 0. The second kappa shape index (κ2) is 5.82. The molecule has 2 heteroatoms. The third-order valence-electron chi connectivity index (χ3n) is 1.15. The van der Waals surface area contributed by atoms with Gasteiger partial charge in [0.25, 0.3) is 0 Å². The van der Waals surface area contributed by atoms with Gasteiger partial charge in [-0.05, 0) is 25.7 Å². The van der Waals surface area contributed by atoms with Crippen LogP contribution in [0, 0.1) is 0 Å². The molecule has 0 aliphatic heterocycles. The Morgan fingerprint density at radius 1 is 0.900 bits per heavy atom. The maximum atomic E-state index is 5.54. The molecule has 0 rings (SSSR count). The van der Waals surface area contributed by atoms with Crippen LogP contribution in [0.1, 0.15) is 25.7 Å². The van der Waals surface area contributed by atoms with Crippen LogP contribution in [0.25, 0.3) is 0 Å². The number of unbranched alkanes of at least 4 members (excludes halogenated alkanes) is 1. The van der Waals surface area contributed by atoms with Crippen LogP contribution < -0.4 is 0 Å². The normalized spacial score (nSPS) is 9.40. The zero-order chi connectivity index (χ0) is 7.98. The highest BCUT2D eigenvalue weighted by atomic mass is 35.5. The fourth-order valence-electron chi connectivity index (χ4n) is 0.634. The molecule has 0 atom stereocenters. The van der Waals surface area contributed by atoms with Gasteiger partial charge in [-0.1, -0.05) is 36.4 Å². The van der Waals surface area contributed by atoms with E-state index in [2.05, 4.69) is 13.2 Å². The van der Waals surface area contributed by atoms with Crippen molar-refractivity contribution in [3.8, 4) is 0 Å². The van der Waals surface area contributed by atoms with E-state index in [-0.39, 0.29) is 0 Å². The van der Waals surface area contributed by atoms with Crippen molar-refractivity contribution >= 4 is 23.2 Å². The molecule has 0 saturated carbocycles. The van der Waals surface area contributed by atoms with Crippen molar-refractivity contribution in [3.05, 3.63) is 23.2 Å². The van der Waals surface area contributed by atoms with Gasteiger partial charge >= 0.3 is 0 Å². The van der Waals surface area contributed by atoms with Crippen molar-refractivity contribution < 1.29 is 0 Å². The molecule has 0 aliphatic carbocycles. The Morgan fingerprint density at radius 2 is 1.20 bits per heavy atom. The van der Waals surface area contributed by atoms with Gasteiger partial charge in [0.05, 0.1) is 0 Å². The summed E-state index contributed by atoms with van der Waals surface area (Å²) in [4.78, 5) is 0. The maximum absolute atomic E-state index is 5.54. The van der Waals surface area contributed by atoms with Crippen LogP contribution in [-0.4, -0.2) is 0 Å². The highest BCUT2D eigenvalue weighted by molar-refractivity contribution is 6.29. The smallest absolute Gasteiger partial charge is 0.0109 e. The van der Waals surface area contributed by atoms with Crippen LogP contribution in [0.5, 0.6) is 0 Å². The van der Waals surface area contributed by atoms with E-state index < -0.39 is 0 Å². The van der Waals surface area contributed by atoms with Gasteiger partial charge in [-0.15, -0.1) is 0 Å². The molecule has 0 aromatic carbocycles. The topological polar surface area (TPSA) is 0 Å². The Kier molecular flexibility index (Phi) is 5.85. The Balaban J connectivity index is 3.06. The first-order valence-electron chi connectivity index (χ1n) is 3.29. The summed E-state index contributed by atoms with van der Waals surface area (Å²) in [6, 6.07) is 0. The summed E-state index contributed by atoms with van der Waals surface area (Å²) >= 11 is 11.1. The molecular weight excluding hydrogens is 167 g/mol. The van der Waals surface area contributed by atoms with E-state index in [1.807, 2.05) is 0 Å². The van der Waals surface area contributed by atoms with Crippen LogP contribution >= 0.6 is 23.2 Å². The van der Waals surface area contributed by atoms with Crippen LogP contribution in [0.4, 0.5) is 0 Å². The van der Waals surface area contributed by atoms with E-state index in [1.54, 1.807) is 0 Å². The number of hydrogen-bond acceptors (Lipinski definition) is 0. The first-order valence-corrected chi connectivity index (χ1v) is 4.05. The minimum atomic E-state index is 0.722. The first-order chi connectivity index (χ1) is 4.63. The lowest BCUT2D eigenvalue weighted by Gasteiger charge is -1.96. The number of hydrogen-bond donors (Lipinski definition) is 0. The van der Waals surface area contributed by atoms with Gasteiger partial charge < -0.3 is 0 Å². The van der Waals surface area contributed by atoms with Gasteiger partial charge in [0.1, 0.15) is 0 Å². The van der Waals surface area contributed by atoms with Gasteiger partial charge in [-0.3, -0.25) is 0 Å². The minimum Gasteiger partial charge on any atom is -0.0898 e. The van der Waals surface area contributed by atoms with Crippen molar-refractivity contribution in [1.29, 1.82) is 0 Å². The van der Waals surface area contributed by atoms with E-state index in [1.165, 1.54) is 0 Å². The van der Waals surface area contributed by atoms with E-state index in [0.717, 1.165) is 35.7 Å². The van der Waals surface area contributed by atoms with Gasteiger partial charge in [0.2, 0.25) is 0 Å². The fourth-order valence-corrected chi connectivity index (χ4v) is 0.901. The second-order valence-electron chi connectivity index (χ2n) is 2.24. The largest absolute Gasteiger partial charge is 0.0898 e. The molecule has 0 fully saturated rings. The van der Waals surface area contributed by atoms with E-state index in [9.17, 15) is 0 Å². The van der Waals surface area contributed by atoms with Gasteiger partial charge in [-0.25, -0.2) is 0 Å². The summed E-state index contributed by atoms with van der Waals surface area (Å²) in [5.74, 6) is 0. The number of halogens is 2. The van der Waals surface area contributed by atoms with Crippen molar-refractivity contribution in [3.63, 3.8) is 0 Å². The summed E-state index contributed by atoms with van der Waals surface area (Å²) in [5, 5.41) is 1.44. The minimum absolute atomic E-state index is 0.722. The SMILES string of the molecule is C=C(Cl)CCCCC(=C)Cl. The Morgan fingerprint density at radius 3 is 1.40 bits per heavy atom. The predicted molar refractivity (Wildman–Crippen MR) is 48.5 cm³/mol. The van der Waals surface area contributed by atoms with Crippen molar-refractivity contribution in [2.45, 2.75) is 25.7 Å². The van der Waals surface area contributed by atoms with Gasteiger partial charge in [0, 0.05) is 10.1 Å². The monoisotopic (exact) mass is 178 g/mol. The zero-order valence-electron chi connectivity index (χ0n) is 6.00. The lowest BCUT2D eigenvalue weighted by molar-refractivity contribution is 0.753. The molecule has 0 aromatic rings. The average Bonchev–Trinajstić information content (AvgIpc) is 1.79. The molecule has 0 bridgehead atoms. The van der Waals surface area contributed by atoms with Crippen LogP contribution in [0.2, 0.25) is 0 Å². The molecular formula is C8H12Cl2. The summed E-state index contributed by atoms with van der Waals surface area (Å²) in [6.07, 6.45) is 3.86. The highest BCUT2D eigenvalue weighted by Gasteiger charge is 1.91. The molecule has 10 heavy (non-hydrogen) atoms. The first kappa shape index (κ1) is 10.1. The third-order valence-corrected chi connectivity index (χ3v) is 1.52. The van der Waals surface area contributed by atoms with Crippen molar-refractivity contribution in [1.82, 2.24) is 0 Å². The molecule has 0 saturated heterocycles. The Labute approximate surface area is 72.5 Å². The Hall–Kier alpha value is 0.0600. The molecule has 0 aliphatic rings. The van der Waals surface area contributed by atoms with Crippen molar-refractivity contribution in [2.24, 2.45) is 0 Å². The quantitative estimate of drug-likeness (QED) is 0.558. The lowest BCUT2D eigenvalue weighted by Crippen LogP contribution is -1.76. The fraction of sp³-hybridized carbons (Fsp3) is 0.500. The molecule has 58 valence electrons. The number of allylic oxidation sites excluding steroid dienone is 2. The van der Waals surface area contributed by atoms with E-state index in [0.29, 0.717) is 0 Å². The van der Waals surface area contributed by atoms with E-state index in [4.69, 9.17) is 23.2 Å². The van der Waals surface area contributed by atoms with Gasteiger partial charge in [0.15, 0.2) is 0 Å². The maximum Gasteiger partial charge on any atom is 0.0109 e. The van der Waals surface area contributed by atoms with Crippen LogP contribution in [0.15, 0.2) is 23.2 Å². The number of rotatable bonds is 5. The summed E-state index contributed by atoms with van der Waals surface area (Å²) in [7, 11) is 0. The second-order valence-corrected chi connectivity index (χ2v) is 3.31. The molecule has 0 aromatic heterocycles. The molecule has 0 radical (unpaired) electrons. The summed E-state index contributed by atoms with van der Waals surface area (Å²) in [5.41, 5.74) is 0. The van der Waals surface area contributed by atoms with Crippen LogP contribution in [0.3, 0.4) is 0 Å². The zero-order valence-corrected chi connectivity index (χ0v) is 7.51. The molecule has 0 nitrogen and oxygen atoms in total.